The highest BCUT2D eigenvalue weighted by molar-refractivity contribution is 8.13. The molecule has 0 aliphatic heterocycles. The van der Waals surface area contributed by atoms with Crippen LogP contribution in [-0.4, -0.2) is 14.5 Å². The molecule has 1 saturated carbocycles. The van der Waals surface area contributed by atoms with E-state index < -0.39 is 0 Å². The molecule has 0 atom stereocenters. The second-order valence-electron chi connectivity index (χ2n) is 6.08. The average Bonchev–Trinajstić information content (AvgIpc) is 2.94. The highest BCUT2D eigenvalue weighted by Crippen LogP contribution is 2.38. The summed E-state index contributed by atoms with van der Waals surface area (Å²) in [5.74, 6) is 0.174. The van der Waals surface area contributed by atoms with Crippen LogP contribution in [0.3, 0.4) is 0 Å². The zero-order valence-corrected chi connectivity index (χ0v) is 14.8. The van der Waals surface area contributed by atoms with E-state index in [1.165, 1.54) is 11.8 Å². The largest absolute Gasteiger partial charge is 0.314 e. The summed E-state index contributed by atoms with van der Waals surface area (Å²) in [6.07, 6.45) is 8.34. The lowest BCUT2D eigenvalue weighted by Crippen LogP contribution is -2.19. The Bertz CT molecular complexity index is 1020. The van der Waals surface area contributed by atoms with Crippen LogP contribution in [0.15, 0.2) is 47.8 Å². The van der Waals surface area contributed by atoms with E-state index >= 15 is 0 Å². The Morgan fingerprint density at radius 1 is 1.36 bits per heavy atom. The van der Waals surface area contributed by atoms with Crippen molar-refractivity contribution in [2.75, 3.05) is 0 Å². The van der Waals surface area contributed by atoms with Crippen LogP contribution in [0.1, 0.15) is 24.8 Å². The van der Waals surface area contributed by atoms with Gasteiger partial charge in [0.15, 0.2) is 5.12 Å². The summed E-state index contributed by atoms with van der Waals surface area (Å²) in [5.41, 5.74) is 3.02. The zero-order chi connectivity index (χ0) is 17.4. The summed E-state index contributed by atoms with van der Waals surface area (Å²) in [6.45, 7) is 0. The number of carbonyl (C=O) groups is 1. The van der Waals surface area contributed by atoms with E-state index in [-0.39, 0.29) is 11.0 Å². The number of nitrogens with zero attached hydrogens (tertiary/aromatic N) is 3. The summed E-state index contributed by atoms with van der Waals surface area (Å²) in [4.78, 5) is 17.5. The van der Waals surface area contributed by atoms with Crippen molar-refractivity contribution in [1.29, 1.82) is 5.26 Å². The van der Waals surface area contributed by atoms with Crippen LogP contribution in [0.4, 0.5) is 0 Å². The van der Waals surface area contributed by atoms with Gasteiger partial charge in [-0.25, -0.2) is 0 Å². The molecule has 1 fully saturated rings. The van der Waals surface area contributed by atoms with E-state index in [1.807, 2.05) is 16.5 Å². The van der Waals surface area contributed by atoms with Crippen molar-refractivity contribution in [3.8, 4) is 17.3 Å². The predicted molar refractivity (Wildman–Crippen MR) is 98.6 cm³/mol. The van der Waals surface area contributed by atoms with Gasteiger partial charge in [-0.15, -0.1) is 0 Å². The molecule has 0 saturated heterocycles. The first-order chi connectivity index (χ1) is 12.2. The van der Waals surface area contributed by atoms with Gasteiger partial charge in [-0.05, 0) is 37.1 Å². The van der Waals surface area contributed by atoms with Crippen LogP contribution in [0, 0.1) is 17.2 Å². The number of hydrogen-bond acceptors (Lipinski definition) is 4. The first kappa shape index (κ1) is 16.2. The van der Waals surface area contributed by atoms with Gasteiger partial charge < -0.3 is 4.40 Å². The van der Waals surface area contributed by atoms with Crippen molar-refractivity contribution < 1.29 is 4.79 Å². The zero-order valence-electron chi connectivity index (χ0n) is 13.3. The fourth-order valence-corrected chi connectivity index (χ4v) is 4.19. The van der Waals surface area contributed by atoms with Crippen molar-refractivity contribution in [2.45, 2.75) is 24.2 Å². The summed E-state index contributed by atoms with van der Waals surface area (Å²) in [6, 6.07) is 9.47. The van der Waals surface area contributed by atoms with Crippen LogP contribution in [0.2, 0.25) is 5.02 Å². The lowest BCUT2D eigenvalue weighted by atomic mass is 9.87. The van der Waals surface area contributed by atoms with E-state index in [4.69, 9.17) is 11.6 Å². The van der Waals surface area contributed by atoms with Crippen LogP contribution >= 0.6 is 23.4 Å². The molecule has 0 aromatic carbocycles. The van der Waals surface area contributed by atoms with E-state index in [0.717, 1.165) is 40.9 Å². The van der Waals surface area contributed by atoms with Crippen molar-refractivity contribution >= 4 is 34.0 Å². The van der Waals surface area contributed by atoms with Crippen molar-refractivity contribution in [1.82, 2.24) is 9.38 Å². The number of carbonyl (C=O) groups excluding carboxylic acids is 1. The van der Waals surface area contributed by atoms with Gasteiger partial charge in [-0.2, -0.15) is 5.26 Å². The Morgan fingerprint density at radius 3 is 2.92 bits per heavy atom. The summed E-state index contributed by atoms with van der Waals surface area (Å²) < 4.78 is 1.88. The van der Waals surface area contributed by atoms with Gasteiger partial charge in [0.2, 0.25) is 0 Å². The molecule has 0 radical (unpaired) electrons. The topological polar surface area (TPSA) is 58.2 Å². The molecule has 4 nitrogen and oxygen atoms in total. The molecule has 124 valence electrons. The molecule has 0 unspecified atom stereocenters. The highest BCUT2D eigenvalue weighted by Gasteiger charge is 2.26. The molecule has 0 N–H and O–H groups in total. The lowest BCUT2D eigenvalue weighted by Gasteiger charge is -2.23. The quantitative estimate of drug-likeness (QED) is 0.615. The SMILES string of the molecule is N#Cc1ccc(-c2cnccc2SC(=O)C2CCC2)n2cc(Cl)cc12. The maximum atomic E-state index is 12.4. The van der Waals surface area contributed by atoms with Crippen LogP contribution in [0.25, 0.3) is 16.8 Å². The average molecular weight is 368 g/mol. The number of pyridine rings is 2. The number of hydrogen-bond donors (Lipinski definition) is 0. The highest BCUT2D eigenvalue weighted by atomic mass is 35.5. The maximum absolute atomic E-state index is 12.4. The third-order valence-electron chi connectivity index (χ3n) is 4.56. The Hall–Kier alpha value is -2.29. The summed E-state index contributed by atoms with van der Waals surface area (Å²) in [5, 5.41) is 10.1. The van der Waals surface area contributed by atoms with Crippen LogP contribution < -0.4 is 0 Å². The number of rotatable bonds is 3. The smallest absolute Gasteiger partial charge is 0.196 e. The van der Waals surface area contributed by atoms with Gasteiger partial charge in [-0.1, -0.05) is 29.8 Å². The molecule has 0 bridgehead atoms. The molecule has 0 amide bonds. The van der Waals surface area contributed by atoms with Gasteiger partial charge >= 0.3 is 0 Å². The fourth-order valence-electron chi connectivity index (χ4n) is 2.98. The van der Waals surface area contributed by atoms with Crippen LogP contribution in [-0.2, 0) is 4.79 Å². The fraction of sp³-hybridized carbons (Fsp3) is 0.211. The third-order valence-corrected chi connectivity index (χ3v) is 5.87. The number of fused-ring (bicyclic) bond motifs is 1. The summed E-state index contributed by atoms with van der Waals surface area (Å²) >= 11 is 7.44. The van der Waals surface area contributed by atoms with Crippen molar-refractivity contribution in [3.05, 3.63) is 53.4 Å². The standard InChI is InChI=1S/C19H14ClN3OS/c20-14-8-17-13(9-21)4-5-16(23(17)11-14)15-10-22-7-6-18(15)25-19(24)12-2-1-3-12/h4-8,10-12H,1-3H2. The maximum Gasteiger partial charge on any atom is 0.196 e. The first-order valence-electron chi connectivity index (χ1n) is 8.04. The molecule has 3 aromatic heterocycles. The molecule has 25 heavy (non-hydrogen) atoms. The summed E-state index contributed by atoms with van der Waals surface area (Å²) in [7, 11) is 0. The van der Waals surface area contributed by atoms with E-state index in [2.05, 4.69) is 11.1 Å². The van der Waals surface area contributed by atoms with E-state index in [9.17, 15) is 10.1 Å². The molecule has 4 rings (SSSR count). The third kappa shape index (κ3) is 2.92. The Labute approximate surface area is 154 Å². The number of nitriles is 1. The van der Waals surface area contributed by atoms with E-state index in [0.29, 0.717) is 10.6 Å². The monoisotopic (exact) mass is 367 g/mol. The molecular weight excluding hydrogens is 354 g/mol. The lowest BCUT2D eigenvalue weighted by molar-refractivity contribution is -0.116. The molecule has 3 heterocycles. The second-order valence-corrected chi connectivity index (χ2v) is 7.56. The number of halogens is 1. The minimum atomic E-state index is 0.174. The Balaban J connectivity index is 1.81. The number of thioether (sulfide) groups is 1. The molecule has 1 aliphatic carbocycles. The second kappa shape index (κ2) is 6.55. The van der Waals surface area contributed by atoms with Gasteiger partial charge in [0.05, 0.1) is 21.8 Å². The Morgan fingerprint density at radius 2 is 2.20 bits per heavy atom. The van der Waals surface area contributed by atoms with Crippen LogP contribution in [0.5, 0.6) is 0 Å². The molecule has 3 aromatic rings. The molecule has 1 aliphatic rings. The van der Waals surface area contributed by atoms with Gasteiger partial charge in [0.25, 0.3) is 0 Å². The molecular formula is C19H14ClN3OS. The number of aromatic nitrogens is 2. The predicted octanol–water partition coefficient (Wildman–Crippen LogP) is 4.95. The van der Waals surface area contributed by atoms with Crippen molar-refractivity contribution in [2.24, 2.45) is 5.92 Å². The normalized spacial score (nSPS) is 14.2. The van der Waals surface area contributed by atoms with Gasteiger partial charge in [-0.3, -0.25) is 9.78 Å². The minimum absolute atomic E-state index is 0.174. The van der Waals surface area contributed by atoms with Crippen molar-refractivity contribution in [3.63, 3.8) is 0 Å². The minimum Gasteiger partial charge on any atom is -0.314 e. The first-order valence-corrected chi connectivity index (χ1v) is 9.23. The van der Waals surface area contributed by atoms with Gasteiger partial charge in [0, 0.05) is 35.0 Å². The van der Waals surface area contributed by atoms with Gasteiger partial charge in [0.1, 0.15) is 6.07 Å². The molecule has 0 spiro atoms. The Kier molecular flexibility index (Phi) is 4.24. The van der Waals surface area contributed by atoms with E-state index in [1.54, 1.807) is 30.7 Å². The molecule has 6 heteroatoms.